The van der Waals surface area contributed by atoms with Crippen LogP contribution in [0.5, 0.6) is 5.88 Å². The first kappa shape index (κ1) is 17.0. The summed E-state index contributed by atoms with van der Waals surface area (Å²) in [7, 11) is 1.48. The van der Waals surface area contributed by atoms with Gasteiger partial charge in [-0.25, -0.2) is 0 Å². The maximum atomic E-state index is 12.9. The summed E-state index contributed by atoms with van der Waals surface area (Å²) >= 11 is 0. The molecule has 0 N–H and O–H groups in total. The second kappa shape index (κ2) is 7.43. The SMILES string of the molecule is COc1cc(C(=O)N2CCO[C@H]3CC[C@H]2[C@@H]3OCc2ccncc2)on1. The topological polar surface area (TPSA) is 86.9 Å². The summed E-state index contributed by atoms with van der Waals surface area (Å²) in [6, 6.07) is 5.30. The lowest BCUT2D eigenvalue weighted by Gasteiger charge is -2.30. The van der Waals surface area contributed by atoms with Crippen molar-refractivity contribution in [3.63, 3.8) is 0 Å². The minimum Gasteiger partial charge on any atom is -0.479 e. The van der Waals surface area contributed by atoms with Crippen molar-refractivity contribution in [2.24, 2.45) is 0 Å². The largest absolute Gasteiger partial charge is 0.479 e. The highest BCUT2D eigenvalue weighted by Crippen LogP contribution is 2.33. The molecule has 8 heteroatoms. The number of hydrogen-bond donors (Lipinski definition) is 0. The smallest absolute Gasteiger partial charge is 0.293 e. The lowest BCUT2D eigenvalue weighted by Crippen LogP contribution is -2.46. The molecule has 138 valence electrons. The number of methoxy groups -OCH3 is 1. The molecule has 1 saturated heterocycles. The third-order valence-electron chi connectivity index (χ3n) is 4.92. The first-order chi connectivity index (χ1) is 12.8. The molecule has 26 heavy (non-hydrogen) atoms. The Morgan fingerprint density at radius 2 is 2.19 bits per heavy atom. The predicted octanol–water partition coefficient (Wildman–Crippen LogP) is 1.67. The number of rotatable bonds is 5. The van der Waals surface area contributed by atoms with Gasteiger partial charge in [-0.1, -0.05) is 0 Å². The summed E-state index contributed by atoms with van der Waals surface area (Å²) in [4.78, 5) is 18.7. The predicted molar refractivity (Wildman–Crippen MR) is 89.7 cm³/mol. The summed E-state index contributed by atoms with van der Waals surface area (Å²) in [5.74, 6) is 0.240. The van der Waals surface area contributed by atoms with E-state index in [1.54, 1.807) is 17.3 Å². The molecule has 2 fully saturated rings. The molecule has 0 unspecified atom stereocenters. The third-order valence-corrected chi connectivity index (χ3v) is 4.92. The van der Waals surface area contributed by atoms with Crippen LogP contribution >= 0.6 is 0 Å². The fraction of sp³-hybridized carbons (Fsp3) is 0.500. The average molecular weight is 359 g/mol. The van der Waals surface area contributed by atoms with Crippen LogP contribution in [0.3, 0.4) is 0 Å². The summed E-state index contributed by atoms with van der Waals surface area (Å²) in [5, 5.41) is 3.72. The number of carbonyl (C=O) groups is 1. The molecule has 1 aliphatic heterocycles. The van der Waals surface area contributed by atoms with E-state index in [-0.39, 0.29) is 35.8 Å². The summed E-state index contributed by atoms with van der Waals surface area (Å²) in [6.07, 6.45) is 5.02. The van der Waals surface area contributed by atoms with Crippen molar-refractivity contribution in [2.45, 2.75) is 37.7 Å². The average Bonchev–Trinajstić information content (AvgIpc) is 3.25. The molecule has 2 aliphatic rings. The molecule has 1 aliphatic carbocycles. The summed E-state index contributed by atoms with van der Waals surface area (Å²) in [6.45, 7) is 1.44. The van der Waals surface area contributed by atoms with Crippen LogP contribution in [0.2, 0.25) is 0 Å². The molecule has 8 nitrogen and oxygen atoms in total. The fourth-order valence-corrected chi connectivity index (χ4v) is 3.63. The minimum absolute atomic E-state index is 0.00361. The molecular formula is C18H21N3O5. The number of ether oxygens (including phenoxy) is 3. The van der Waals surface area contributed by atoms with Gasteiger partial charge in [-0.05, 0) is 35.7 Å². The van der Waals surface area contributed by atoms with Crippen molar-refractivity contribution in [2.75, 3.05) is 20.3 Å². The minimum atomic E-state index is -0.213. The Morgan fingerprint density at radius 3 is 2.96 bits per heavy atom. The van der Waals surface area contributed by atoms with Crippen LogP contribution in [0.1, 0.15) is 29.0 Å². The monoisotopic (exact) mass is 359 g/mol. The Morgan fingerprint density at radius 1 is 1.35 bits per heavy atom. The molecule has 0 radical (unpaired) electrons. The van der Waals surface area contributed by atoms with E-state index in [1.807, 2.05) is 12.1 Å². The maximum Gasteiger partial charge on any atom is 0.293 e. The maximum absolute atomic E-state index is 12.9. The zero-order valence-corrected chi connectivity index (χ0v) is 14.5. The van der Waals surface area contributed by atoms with Crippen molar-refractivity contribution in [1.82, 2.24) is 15.0 Å². The van der Waals surface area contributed by atoms with Crippen LogP contribution in [0, 0.1) is 0 Å². The molecule has 1 saturated carbocycles. The number of pyridine rings is 1. The zero-order chi connectivity index (χ0) is 17.9. The highest BCUT2D eigenvalue weighted by Gasteiger charge is 2.45. The van der Waals surface area contributed by atoms with Crippen molar-refractivity contribution >= 4 is 5.91 Å². The Labute approximate surface area is 151 Å². The normalized spacial score (nSPS) is 25.1. The van der Waals surface area contributed by atoms with E-state index in [9.17, 15) is 4.79 Å². The lowest BCUT2D eigenvalue weighted by molar-refractivity contribution is -0.0598. The molecule has 2 bridgehead atoms. The van der Waals surface area contributed by atoms with Crippen LogP contribution < -0.4 is 4.74 Å². The van der Waals surface area contributed by atoms with Gasteiger partial charge in [-0.2, -0.15) is 0 Å². The second-order valence-corrected chi connectivity index (χ2v) is 6.42. The van der Waals surface area contributed by atoms with Crippen molar-refractivity contribution in [3.05, 3.63) is 41.9 Å². The van der Waals surface area contributed by atoms with E-state index in [2.05, 4.69) is 10.1 Å². The number of amides is 1. The first-order valence-corrected chi connectivity index (χ1v) is 8.70. The van der Waals surface area contributed by atoms with E-state index in [0.29, 0.717) is 19.8 Å². The first-order valence-electron chi connectivity index (χ1n) is 8.70. The van der Waals surface area contributed by atoms with Crippen LogP contribution in [0.4, 0.5) is 0 Å². The van der Waals surface area contributed by atoms with Gasteiger partial charge < -0.3 is 23.6 Å². The van der Waals surface area contributed by atoms with Gasteiger partial charge in [0.25, 0.3) is 11.8 Å². The second-order valence-electron chi connectivity index (χ2n) is 6.42. The van der Waals surface area contributed by atoms with Crippen LogP contribution in [0.25, 0.3) is 0 Å². The molecule has 3 heterocycles. The molecule has 1 amide bonds. The Bertz CT molecular complexity index is 750. The number of fused-ring (bicyclic) bond motifs is 2. The molecule has 4 rings (SSSR count). The Kier molecular flexibility index (Phi) is 4.85. The van der Waals surface area contributed by atoms with E-state index in [4.69, 9.17) is 18.7 Å². The lowest BCUT2D eigenvalue weighted by atomic mass is 10.1. The van der Waals surface area contributed by atoms with Crippen molar-refractivity contribution in [3.8, 4) is 5.88 Å². The zero-order valence-electron chi connectivity index (χ0n) is 14.5. The molecule has 0 aromatic carbocycles. The molecule has 2 aromatic rings. The number of hydrogen-bond acceptors (Lipinski definition) is 7. The van der Waals surface area contributed by atoms with Gasteiger partial charge >= 0.3 is 0 Å². The van der Waals surface area contributed by atoms with Gasteiger partial charge in [-0.3, -0.25) is 9.78 Å². The molecular weight excluding hydrogens is 338 g/mol. The van der Waals surface area contributed by atoms with E-state index < -0.39 is 0 Å². The highest BCUT2D eigenvalue weighted by atomic mass is 16.5. The summed E-state index contributed by atoms with van der Waals surface area (Å²) in [5.41, 5.74) is 1.04. The Hall–Kier alpha value is -2.45. The van der Waals surface area contributed by atoms with Gasteiger partial charge in [0.1, 0.15) is 6.10 Å². The number of aromatic nitrogens is 2. The van der Waals surface area contributed by atoms with Crippen molar-refractivity contribution < 1.29 is 23.5 Å². The standard InChI is InChI=1S/C18H21N3O5/c1-23-16-10-15(26-20-16)18(22)21-8-9-24-14-3-2-13(21)17(14)25-11-12-4-6-19-7-5-12/h4-7,10,13-14,17H,2-3,8-9,11H2,1H3/t13-,14-,17-/m0/s1. The van der Waals surface area contributed by atoms with Crippen LogP contribution in [-0.2, 0) is 16.1 Å². The van der Waals surface area contributed by atoms with Crippen LogP contribution in [0.15, 0.2) is 35.1 Å². The third kappa shape index (κ3) is 3.30. The fourth-order valence-electron chi connectivity index (χ4n) is 3.63. The quantitative estimate of drug-likeness (QED) is 0.802. The summed E-state index contributed by atoms with van der Waals surface area (Å²) < 4.78 is 22.2. The number of carbonyl (C=O) groups excluding carboxylic acids is 1. The van der Waals surface area contributed by atoms with Crippen LogP contribution in [-0.4, -0.2) is 59.5 Å². The van der Waals surface area contributed by atoms with Crippen molar-refractivity contribution in [1.29, 1.82) is 0 Å². The van der Waals surface area contributed by atoms with Gasteiger partial charge in [0.2, 0.25) is 5.76 Å². The van der Waals surface area contributed by atoms with Gasteiger partial charge in [0, 0.05) is 18.9 Å². The van der Waals surface area contributed by atoms with Gasteiger partial charge in [0.15, 0.2) is 0 Å². The molecule has 0 spiro atoms. The Balaban J connectivity index is 1.50. The molecule has 2 aromatic heterocycles. The van der Waals surface area contributed by atoms with Gasteiger partial charge in [-0.15, -0.1) is 0 Å². The van der Waals surface area contributed by atoms with E-state index in [1.165, 1.54) is 13.2 Å². The molecule has 3 atom stereocenters. The van der Waals surface area contributed by atoms with Gasteiger partial charge in [0.05, 0.1) is 38.5 Å². The van der Waals surface area contributed by atoms with E-state index in [0.717, 1.165) is 18.4 Å². The highest BCUT2D eigenvalue weighted by molar-refractivity contribution is 5.92. The van der Waals surface area contributed by atoms with E-state index >= 15 is 0 Å². The number of nitrogens with zero attached hydrogens (tertiary/aromatic N) is 3.